The third-order valence-electron chi connectivity index (χ3n) is 5.24. The van der Waals surface area contributed by atoms with Gasteiger partial charge in [0.05, 0.1) is 6.61 Å². The molecule has 0 aromatic heterocycles. The van der Waals surface area contributed by atoms with Gasteiger partial charge in [0.25, 0.3) is 0 Å². The van der Waals surface area contributed by atoms with Crippen LogP contribution in [0.2, 0.25) is 0 Å². The van der Waals surface area contributed by atoms with Crippen LogP contribution in [0.4, 0.5) is 0 Å². The second-order valence-electron chi connectivity index (χ2n) is 8.16. The molecule has 29 heavy (non-hydrogen) atoms. The molecule has 0 radical (unpaired) electrons. The van der Waals surface area contributed by atoms with Crippen LogP contribution in [0.25, 0.3) is 0 Å². The summed E-state index contributed by atoms with van der Waals surface area (Å²) < 4.78 is 30.5. The molecule has 0 saturated carbocycles. The highest BCUT2D eigenvalue weighted by Crippen LogP contribution is 2.34. The molecule has 0 aromatic rings. The van der Waals surface area contributed by atoms with Crippen molar-refractivity contribution in [3.63, 3.8) is 0 Å². The van der Waals surface area contributed by atoms with E-state index in [0.717, 1.165) is 51.4 Å². The summed E-state index contributed by atoms with van der Waals surface area (Å²) >= 11 is 0. The highest BCUT2D eigenvalue weighted by molar-refractivity contribution is 4.97. The van der Waals surface area contributed by atoms with E-state index in [1.807, 2.05) is 0 Å². The van der Waals surface area contributed by atoms with Crippen LogP contribution in [0.5, 0.6) is 0 Å². The zero-order valence-electron chi connectivity index (χ0n) is 19.5. The van der Waals surface area contributed by atoms with Gasteiger partial charge in [-0.05, 0) is 32.6 Å². The van der Waals surface area contributed by atoms with Gasteiger partial charge in [-0.2, -0.15) is 0 Å². The fourth-order valence-corrected chi connectivity index (χ4v) is 3.42. The minimum atomic E-state index is -1.45. The summed E-state index contributed by atoms with van der Waals surface area (Å²) in [5, 5.41) is 11.1. The SMILES string of the molecule is CCCCOCC1OC(C)(O)C(OCCCC)C(OCCCC)C1OCCCC. The van der Waals surface area contributed by atoms with Crippen molar-refractivity contribution in [2.24, 2.45) is 0 Å². The molecule has 0 bridgehead atoms. The molecular formula is C23H46O6. The van der Waals surface area contributed by atoms with Gasteiger partial charge in [-0.25, -0.2) is 0 Å². The van der Waals surface area contributed by atoms with Crippen molar-refractivity contribution in [2.75, 3.05) is 33.0 Å². The largest absolute Gasteiger partial charge is 0.379 e. The molecule has 0 spiro atoms. The Balaban J connectivity index is 2.96. The first-order valence-corrected chi connectivity index (χ1v) is 11.8. The summed E-state index contributed by atoms with van der Waals surface area (Å²) in [5.74, 6) is -1.45. The Labute approximate surface area is 178 Å². The molecule has 5 unspecified atom stereocenters. The highest BCUT2D eigenvalue weighted by Gasteiger charge is 2.53. The lowest BCUT2D eigenvalue weighted by Crippen LogP contribution is -2.66. The fourth-order valence-electron chi connectivity index (χ4n) is 3.42. The molecule has 1 aliphatic rings. The molecule has 1 aliphatic heterocycles. The van der Waals surface area contributed by atoms with Crippen LogP contribution in [-0.2, 0) is 23.7 Å². The minimum Gasteiger partial charge on any atom is -0.379 e. The van der Waals surface area contributed by atoms with Gasteiger partial charge in [0.2, 0.25) is 0 Å². The zero-order valence-corrected chi connectivity index (χ0v) is 19.5. The molecule has 0 amide bonds. The summed E-state index contributed by atoms with van der Waals surface area (Å²) in [7, 11) is 0. The van der Waals surface area contributed by atoms with Crippen LogP contribution < -0.4 is 0 Å². The van der Waals surface area contributed by atoms with E-state index in [1.54, 1.807) is 6.92 Å². The number of aliphatic hydroxyl groups is 1. The lowest BCUT2D eigenvalue weighted by Gasteiger charge is -2.49. The average molecular weight is 419 g/mol. The van der Waals surface area contributed by atoms with Crippen molar-refractivity contribution in [1.82, 2.24) is 0 Å². The molecule has 1 saturated heterocycles. The van der Waals surface area contributed by atoms with Gasteiger partial charge in [-0.1, -0.05) is 53.4 Å². The van der Waals surface area contributed by atoms with E-state index in [2.05, 4.69) is 27.7 Å². The van der Waals surface area contributed by atoms with Gasteiger partial charge in [-0.15, -0.1) is 0 Å². The first kappa shape index (κ1) is 26.8. The molecule has 1 heterocycles. The van der Waals surface area contributed by atoms with Crippen molar-refractivity contribution >= 4 is 0 Å². The monoisotopic (exact) mass is 418 g/mol. The third-order valence-corrected chi connectivity index (χ3v) is 5.24. The van der Waals surface area contributed by atoms with E-state index < -0.39 is 24.1 Å². The third kappa shape index (κ3) is 9.62. The Morgan fingerprint density at radius 3 is 1.76 bits per heavy atom. The summed E-state index contributed by atoms with van der Waals surface area (Å²) in [6.45, 7) is 13.1. The van der Waals surface area contributed by atoms with Crippen LogP contribution in [0.15, 0.2) is 0 Å². The smallest absolute Gasteiger partial charge is 0.192 e. The van der Waals surface area contributed by atoms with Gasteiger partial charge in [0.1, 0.15) is 24.4 Å². The predicted octanol–water partition coefficient (Wildman–Crippen LogP) is 4.47. The first-order chi connectivity index (χ1) is 14.0. The Morgan fingerprint density at radius 2 is 1.21 bits per heavy atom. The number of hydrogen-bond donors (Lipinski definition) is 1. The number of unbranched alkanes of at least 4 members (excludes halogenated alkanes) is 4. The van der Waals surface area contributed by atoms with Crippen LogP contribution in [0.1, 0.15) is 86.0 Å². The van der Waals surface area contributed by atoms with Crippen LogP contribution in [0.3, 0.4) is 0 Å². The van der Waals surface area contributed by atoms with Crippen LogP contribution in [0, 0.1) is 0 Å². The van der Waals surface area contributed by atoms with Crippen molar-refractivity contribution < 1.29 is 28.8 Å². The molecule has 1 rings (SSSR count). The Bertz CT molecular complexity index is 390. The molecular weight excluding hydrogens is 372 g/mol. The molecule has 174 valence electrons. The van der Waals surface area contributed by atoms with Crippen molar-refractivity contribution in [3.8, 4) is 0 Å². The number of ether oxygens (including phenoxy) is 5. The van der Waals surface area contributed by atoms with E-state index in [0.29, 0.717) is 33.0 Å². The summed E-state index contributed by atoms with van der Waals surface area (Å²) in [4.78, 5) is 0. The van der Waals surface area contributed by atoms with Gasteiger partial charge in [0.15, 0.2) is 5.79 Å². The van der Waals surface area contributed by atoms with Crippen molar-refractivity contribution in [2.45, 2.75) is 116 Å². The van der Waals surface area contributed by atoms with Gasteiger partial charge in [-0.3, -0.25) is 0 Å². The summed E-state index contributed by atoms with van der Waals surface area (Å²) in [6, 6.07) is 0. The molecule has 1 N–H and O–H groups in total. The van der Waals surface area contributed by atoms with E-state index in [-0.39, 0.29) is 6.10 Å². The lowest BCUT2D eigenvalue weighted by atomic mass is 9.92. The standard InChI is InChI=1S/C23H46O6/c1-6-10-14-25-18-19-20(26-15-11-7-2)21(27-16-12-8-3)22(23(5,24)29-19)28-17-13-9-4/h19-22,24H,6-18H2,1-5H3. The van der Waals surface area contributed by atoms with Gasteiger partial charge >= 0.3 is 0 Å². The van der Waals surface area contributed by atoms with Crippen molar-refractivity contribution in [1.29, 1.82) is 0 Å². The predicted molar refractivity (Wildman–Crippen MR) is 115 cm³/mol. The van der Waals surface area contributed by atoms with Gasteiger partial charge < -0.3 is 28.8 Å². The molecule has 0 aromatic carbocycles. The van der Waals surface area contributed by atoms with E-state index in [4.69, 9.17) is 23.7 Å². The minimum absolute atomic E-state index is 0.327. The average Bonchev–Trinajstić information content (AvgIpc) is 2.69. The Morgan fingerprint density at radius 1 is 0.724 bits per heavy atom. The highest BCUT2D eigenvalue weighted by atomic mass is 16.7. The van der Waals surface area contributed by atoms with E-state index >= 15 is 0 Å². The topological polar surface area (TPSA) is 66.4 Å². The lowest BCUT2D eigenvalue weighted by molar-refractivity contribution is -0.359. The van der Waals surface area contributed by atoms with Gasteiger partial charge in [0, 0.05) is 26.4 Å². The molecule has 6 nitrogen and oxygen atoms in total. The fraction of sp³-hybridized carbons (Fsp3) is 1.00. The summed E-state index contributed by atoms with van der Waals surface area (Å²) in [5.41, 5.74) is 0. The van der Waals surface area contributed by atoms with Crippen LogP contribution >= 0.6 is 0 Å². The second-order valence-corrected chi connectivity index (χ2v) is 8.16. The molecule has 0 aliphatic carbocycles. The van der Waals surface area contributed by atoms with E-state index in [1.165, 1.54) is 0 Å². The zero-order chi connectivity index (χ0) is 21.5. The maximum atomic E-state index is 11.1. The molecule has 5 atom stereocenters. The number of rotatable bonds is 17. The Kier molecular flexibility index (Phi) is 14.4. The normalized spacial score (nSPS) is 30.0. The second kappa shape index (κ2) is 15.5. The Hall–Kier alpha value is -0.240. The van der Waals surface area contributed by atoms with Crippen LogP contribution in [-0.4, -0.2) is 68.3 Å². The van der Waals surface area contributed by atoms with E-state index in [9.17, 15) is 5.11 Å². The first-order valence-electron chi connectivity index (χ1n) is 11.8. The summed E-state index contributed by atoms with van der Waals surface area (Å²) in [6.07, 6.45) is 6.37. The maximum absolute atomic E-state index is 11.1. The maximum Gasteiger partial charge on any atom is 0.192 e. The van der Waals surface area contributed by atoms with Crippen molar-refractivity contribution in [3.05, 3.63) is 0 Å². The molecule has 1 fully saturated rings. The number of hydrogen-bond acceptors (Lipinski definition) is 6. The quantitative estimate of drug-likeness (QED) is 0.352. The molecule has 6 heteroatoms.